The highest BCUT2D eigenvalue weighted by Gasteiger charge is 2.28. The Morgan fingerprint density at radius 1 is 1.47 bits per heavy atom. The van der Waals surface area contributed by atoms with Crippen molar-refractivity contribution >= 4 is 11.8 Å². The molecule has 1 atom stereocenters. The van der Waals surface area contributed by atoms with Gasteiger partial charge in [0.2, 0.25) is 5.89 Å². The second-order valence-electron chi connectivity index (χ2n) is 5.66. The SMILES string of the molecule is CC(c1nc(CSC(C)(C)C)no1)C1CNC1. The first-order chi connectivity index (χ1) is 7.96. The van der Waals surface area contributed by atoms with Gasteiger partial charge in [-0.15, -0.1) is 11.8 Å². The average molecular weight is 255 g/mol. The number of hydrogen-bond acceptors (Lipinski definition) is 5. The van der Waals surface area contributed by atoms with E-state index in [0.29, 0.717) is 11.8 Å². The molecule has 0 aromatic carbocycles. The van der Waals surface area contributed by atoms with E-state index in [-0.39, 0.29) is 4.75 Å². The third kappa shape index (κ3) is 3.45. The minimum absolute atomic E-state index is 0.240. The molecule has 1 aromatic rings. The highest BCUT2D eigenvalue weighted by Crippen LogP contribution is 2.28. The minimum Gasteiger partial charge on any atom is -0.339 e. The van der Waals surface area contributed by atoms with Crippen LogP contribution in [-0.2, 0) is 5.75 Å². The second-order valence-corrected chi connectivity index (χ2v) is 7.46. The van der Waals surface area contributed by atoms with Crippen LogP contribution in [0.5, 0.6) is 0 Å². The van der Waals surface area contributed by atoms with Crippen LogP contribution in [-0.4, -0.2) is 28.0 Å². The highest BCUT2D eigenvalue weighted by molar-refractivity contribution is 7.99. The zero-order valence-corrected chi connectivity index (χ0v) is 11.8. The van der Waals surface area contributed by atoms with Gasteiger partial charge in [-0.3, -0.25) is 0 Å². The van der Waals surface area contributed by atoms with Crippen LogP contribution in [0.25, 0.3) is 0 Å². The molecule has 0 bridgehead atoms. The number of thioether (sulfide) groups is 1. The normalized spacial score (nSPS) is 19.1. The third-order valence-electron chi connectivity index (χ3n) is 3.03. The Balaban J connectivity index is 1.91. The molecule has 0 amide bonds. The molecule has 17 heavy (non-hydrogen) atoms. The molecule has 1 unspecified atom stereocenters. The molecule has 1 saturated heterocycles. The molecule has 1 aromatic heterocycles. The lowest BCUT2D eigenvalue weighted by Crippen LogP contribution is -2.44. The van der Waals surface area contributed by atoms with Crippen LogP contribution in [0.2, 0.25) is 0 Å². The Kier molecular flexibility index (Phi) is 3.78. The van der Waals surface area contributed by atoms with Gasteiger partial charge in [-0.1, -0.05) is 32.9 Å². The number of rotatable bonds is 4. The summed E-state index contributed by atoms with van der Waals surface area (Å²) in [6.07, 6.45) is 0. The van der Waals surface area contributed by atoms with Crippen LogP contribution in [0.4, 0.5) is 0 Å². The van der Waals surface area contributed by atoms with E-state index in [1.807, 2.05) is 11.8 Å². The lowest BCUT2D eigenvalue weighted by molar-refractivity contribution is 0.252. The molecule has 1 fully saturated rings. The number of nitrogens with one attached hydrogen (secondary N) is 1. The molecule has 0 aliphatic carbocycles. The Labute approximate surface area is 107 Å². The standard InChI is InChI=1S/C12H21N3OS/c1-8(9-5-13-6-9)11-14-10(15-16-11)7-17-12(2,3)4/h8-9,13H,5-7H2,1-4H3. The van der Waals surface area contributed by atoms with Gasteiger partial charge < -0.3 is 9.84 Å². The summed E-state index contributed by atoms with van der Waals surface area (Å²) in [5.74, 6) is 3.46. The average Bonchev–Trinajstić information content (AvgIpc) is 2.58. The van der Waals surface area contributed by atoms with E-state index in [1.54, 1.807) is 0 Å². The van der Waals surface area contributed by atoms with Crippen LogP contribution in [0.3, 0.4) is 0 Å². The molecule has 1 N–H and O–H groups in total. The molecule has 2 rings (SSSR count). The molecule has 96 valence electrons. The maximum absolute atomic E-state index is 5.35. The van der Waals surface area contributed by atoms with Crippen LogP contribution >= 0.6 is 11.8 Å². The number of aromatic nitrogens is 2. The fraction of sp³-hybridized carbons (Fsp3) is 0.833. The minimum atomic E-state index is 0.240. The molecule has 2 heterocycles. The summed E-state index contributed by atoms with van der Waals surface area (Å²) in [6.45, 7) is 10.9. The summed E-state index contributed by atoms with van der Waals surface area (Å²) < 4.78 is 5.59. The van der Waals surface area contributed by atoms with E-state index in [1.165, 1.54) is 0 Å². The van der Waals surface area contributed by atoms with Crippen molar-refractivity contribution in [3.05, 3.63) is 11.7 Å². The molecule has 1 aliphatic heterocycles. The first kappa shape index (κ1) is 12.9. The fourth-order valence-electron chi connectivity index (χ4n) is 1.66. The maximum atomic E-state index is 5.35. The Hall–Kier alpha value is -0.550. The second kappa shape index (κ2) is 4.98. The van der Waals surface area contributed by atoms with E-state index in [4.69, 9.17) is 4.52 Å². The zero-order chi connectivity index (χ0) is 12.5. The van der Waals surface area contributed by atoms with E-state index < -0.39 is 0 Å². The summed E-state index contributed by atoms with van der Waals surface area (Å²) in [7, 11) is 0. The van der Waals surface area contributed by atoms with Crippen molar-refractivity contribution in [1.82, 2.24) is 15.5 Å². The van der Waals surface area contributed by atoms with Crippen LogP contribution < -0.4 is 5.32 Å². The summed E-state index contributed by atoms with van der Waals surface area (Å²) in [5, 5.41) is 7.32. The van der Waals surface area contributed by atoms with Gasteiger partial charge in [0.05, 0.1) is 5.75 Å². The van der Waals surface area contributed by atoms with Crippen molar-refractivity contribution in [2.24, 2.45) is 5.92 Å². The quantitative estimate of drug-likeness (QED) is 0.895. The number of nitrogens with zero attached hydrogens (tertiary/aromatic N) is 2. The van der Waals surface area contributed by atoms with Gasteiger partial charge in [0.25, 0.3) is 0 Å². The van der Waals surface area contributed by atoms with Gasteiger partial charge in [-0.25, -0.2) is 0 Å². The molecular formula is C12H21N3OS. The van der Waals surface area contributed by atoms with Gasteiger partial charge in [0.1, 0.15) is 0 Å². The van der Waals surface area contributed by atoms with Crippen molar-refractivity contribution in [3.63, 3.8) is 0 Å². The van der Waals surface area contributed by atoms with E-state index in [0.717, 1.165) is 30.6 Å². The first-order valence-corrected chi connectivity index (χ1v) is 7.11. The molecule has 5 heteroatoms. The van der Waals surface area contributed by atoms with Crippen LogP contribution in [0.15, 0.2) is 4.52 Å². The summed E-state index contributed by atoms with van der Waals surface area (Å²) in [4.78, 5) is 4.49. The van der Waals surface area contributed by atoms with Gasteiger partial charge >= 0.3 is 0 Å². The van der Waals surface area contributed by atoms with E-state index >= 15 is 0 Å². The fourth-order valence-corrected chi connectivity index (χ4v) is 2.34. The van der Waals surface area contributed by atoms with Crippen molar-refractivity contribution in [3.8, 4) is 0 Å². The molecular weight excluding hydrogens is 234 g/mol. The van der Waals surface area contributed by atoms with Crippen LogP contribution in [0, 0.1) is 5.92 Å². The largest absolute Gasteiger partial charge is 0.339 e. The first-order valence-electron chi connectivity index (χ1n) is 6.13. The molecule has 0 radical (unpaired) electrons. The van der Waals surface area contributed by atoms with Crippen molar-refractivity contribution in [2.75, 3.05) is 13.1 Å². The van der Waals surface area contributed by atoms with Gasteiger partial charge in [-0.05, 0) is 19.0 Å². The number of hydrogen-bond donors (Lipinski definition) is 1. The zero-order valence-electron chi connectivity index (χ0n) is 11.0. The van der Waals surface area contributed by atoms with E-state index in [2.05, 4.69) is 43.2 Å². The third-order valence-corrected chi connectivity index (χ3v) is 4.30. The lowest BCUT2D eigenvalue weighted by Gasteiger charge is -2.30. The molecule has 0 spiro atoms. The van der Waals surface area contributed by atoms with E-state index in [9.17, 15) is 0 Å². The predicted molar refractivity (Wildman–Crippen MR) is 70.1 cm³/mol. The predicted octanol–water partition coefficient (Wildman–Crippen LogP) is 2.42. The smallest absolute Gasteiger partial charge is 0.229 e. The maximum Gasteiger partial charge on any atom is 0.229 e. The van der Waals surface area contributed by atoms with Crippen molar-refractivity contribution in [1.29, 1.82) is 0 Å². The van der Waals surface area contributed by atoms with Gasteiger partial charge in [-0.2, -0.15) is 4.98 Å². The highest BCUT2D eigenvalue weighted by atomic mass is 32.2. The molecule has 0 saturated carbocycles. The van der Waals surface area contributed by atoms with Crippen molar-refractivity contribution in [2.45, 2.75) is 44.1 Å². The Morgan fingerprint density at radius 3 is 2.71 bits per heavy atom. The summed E-state index contributed by atoms with van der Waals surface area (Å²) in [5.41, 5.74) is 0. The summed E-state index contributed by atoms with van der Waals surface area (Å²) in [6, 6.07) is 0. The van der Waals surface area contributed by atoms with Gasteiger partial charge in [0.15, 0.2) is 5.82 Å². The lowest BCUT2D eigenvalue weighted by atomic mass is 9.89. The molecule has 1 aliphatic rings. The Morgan fingerprint density at radius 2 is 2.18 bits per heavy atom. The van der Waals surface area contributed by atoms with Crippen molar-refractivity contribution < 1.29 is 4.52 Å². The van der Waals surface area contributed by atoms with Gasteiger partial charge in [0, 0.05) is 10.7 Å². The Bertz CT molecular complexity index is 368. The molecule has 4 nitrogen and oxygen atoms in total. The van der Waals surface area contributed by atoms with Crippen LogP contribution in [0.1, 0.15) is 45.3 Å². The monoisotopic (exact) mass is 255 g/mol. The summed E-state index contributed by atoms with van der Waals surface area (Å²) >= 11 is 1.84. The topological polar surface area (TPSA) is 51.0 Å².